The number of halogens is 3. The highest BCUT2D eigenvalue weighted by Crippen LogP contribution is 2.52. The number of carboxylic acids is 1. The van der Waals surface area contributed by atoms with Gasteiger partial charge in [0.05, 0.1) is 35.5 Å². The maximum absolute atomic E-state index is 15.8. The number of hydrogen-bond donors (Lipinski definition) is 3. The number of rotatable bonds is 7. The normalized spacial score (nSPS) is 21.9. The maximum atomic E-state index is 15.8. The van der Waals surface area contributed by atoms with E-state index in [1.807, 2.05) is 20.8 Å². The Balaban J connectivity index is 1.95. The van der Waals surface area contributed by atoms with Crippen molar-refractivity contribution in [3.63, 3.8) is 0 Å². The number of nitrogens with one attached hydrogen (secondary N) is 2. The molecule has 4 atom stereocenters. The van der Waals surface area contributed by atoms with Crippen LogP contribution in [0.15, 0.2) is 54.6 Å². The van der Waals surface area contributed by atoms with Crippen LogP contribution in [0.2, 0.25) is 5.02 Å². The average molecular weight is 596 g/mol. The molecule has 220 valence electrons. The van der Waals surface area contributed by atoms with Crippen molar-refractivity contribution in [2.45, 2.75) is 57.5 Å². The first-order valence-electron chi connectivity index (χ1n) is 13.3. The molecule has 4 rings (SSSR count). The summed E-state index contributed by atoms with van der Waals surface area (Å²) in [5.74, 6) is -4.40. The number of ether oxygens (including phenoxy) is 1. The monoisotopic (exact) mass is 595 g/mol. The Morgan fingerprint density at radius 1 is 1.17 bits per heavy atom. The minimum Gasteiger partial charge on any atom is -0.495 e. The van der Waals surface area contributed by atoms with Gasteiger partial charge in [-0.25, -0.2) is 13.6 Å². The molecular formula is C32H32ClF2N3O4. The van der Waals surface area contributed by atoms with Crippen molar-refractivity contribution in [3.05, 3.63) is 93.5 Å². The summed E-state index contributed by atoms with van der Waals surface area (Å²) in [5.41, 5.74) is -1.31. The number of nitrogens with zero attached hydrogens (tertiary/aromatic N) is 1. The molecule has 0 aliphatic carbocycles. The molecule has 0 bridgehead atoms. The van der Waals surface area contributed by atoms with Crippen molar-refractivity contribution in [3.8, 4) is 11.8 Å². The van der Waals surface area contributed by atoms with Gasteiger partial charge in [0, 0.05) is 17.5 Å². The second-order valence-corrected chi connectivity index (χ2v) is 12.2. The maximum Gasteiger partial charge on any atom is 0.335 e. The molecule has 1 saturated heterocycles. The molecule has 10 heteroatoms. The third-order valence-corrected chi connectivity index (χ3v) is 7.92. The summed E-state index contributed by atoms with van der Waals surface area (Å²) in [7, 11) is 1.33. The largest absolute Gasteiger partial charge is 0.495 e. The molecule has 3 aromatic carbocycles. The SMILES string of the molecule is COc1cc(C(=O)O)ccc1NC(=O)[C@@H]1N[C@@H](CC(C)(C)C)[C@](C#N)(c2ccc(C)cc2F)[C@H]1c1cccc(Cl)c1F. The lowest BCUT2D eigenvalue weighted by Crippen LogP contribution is -2.45. The van der Waals surface area contributed by atoms with E-state index in [9.17, 15) is 20.0 Å². The van der Waals surface area contributed by atoms with Crippen LogP contribution >= 0.6 is 11.6 Å². The number of carboxylic acid groups (broad SMARTS) is 1. The fourth-order valence-corrected chi connectivity index (χ4v) is 6.01. The zero-order chi connectivity index (χ0) is 31.0. The summed E-state index contributed by atoms with van der Waals surface area (Å²) in [6.07, 6.45) is 0.340. The van der Waals surface area contributed by atoms with Crippen molar-refractivity contribution in [1.82, 2.24) is 5.32 Å². The third kappa shape index (κ3) is 5.69. The fourth-order valence-electron chi connectivity index (χ4n) is 5.83. The number of aromatic carboxylic acids is 1. The predicted octanol–water partition coefficient (Wildman–Crippen LogP) is 6.59. The minimum absolute atomic E-state index is 0.0127. The first-order valence-corrected chi connectivity index (χ1v) is 13.7. The molecule has 1 aliphatic heterocycles. The lowest BCUT2D eigenvalue weighted by Gasteiger charge is -2.37. The molecule has 3 N–H and O–H groups in total. The summed E-state index contributed by atoms with van der Waals surface area (Å²) in [6.45, 7) is 7.59. The summed E-state index contributed by atoms with van der Waals surface area (Å²) in [4.78, 5) is 25.5. The van der Waals surface area contributed by atoms with Crippen LogP contribution in [0.4, 0.5) is 14.5 Å². The Kier molecular flexibility index (Phi) is 8.63. The van der Waals surface area contributed by atoms with Crippen LogP contribution in [-0.4, -0.2) is 36.2 Å². The smallest absolute Gasteiger partial charge is 0.335 e. The molecule has 0 unspecified atom stereocenters. The topological polar surface area (TPSA) is 111 Å². The Morgan fingerprint density at radius 2 is 1.88 bits per heavy atom. The van der Waals surface area contributed by atoms with E-state index in [-0.39, 0.29) is 38.6 Å². The van der Waals surface area contributed by atoms with Gasteiger partial charge in [0.2, 0.25) is 5.91 Å². The van der Waals surface area contributed by atoms with Gasteiger partial charge in [-0.3, -0.25) is 4.79 Å². The Labute approximate surface area is 248 Å². The van der Waals surface area contributed by atoms with Crippen LogP contribution in [0.25, 0.3) is 0 Å². The predicted molar refractivity (Wildman–Crippen MR) is 156 cm³/mol. The van der Waals surface area contributed by atoms with E-state index in [4.69, 9.17) is 16.3 Å². The van der Waals surface area contributed by atoms with Gasteiger partial charge in [-0.15, -0.1) is 0 Å². The van der Waals surface area contributed by atoms with Crippen molar-refractivity contribution >= 4 is 29.2 Å². The number of methoxy groups -OCH3 is 1. The quantitative estimate of drug-likeness (QED) is 0.284. The number of aryl methyl sites for hydroxylation is 1. The van der Waals surface area contributed by atoms with Crippen LogP contribution in [0, 0.1) is 35.3 Å². The first-order chi connectivity index (χ1) is 19.7. The zero-order valence-corrected chi connectivity index (χ0v) is 24.6. The van der Waals surface area contributed by atoms with Crippen molar-refractivity contribution in [1.29, 1.82) is 5.26 Å². The van der Waals surface area contributed by atoms with E-state index in [1.165, 1.54) is 55.6 Å². The number of nitriles is 1. The third-order valence-electron chi connectivity index (χ3n) is 7.63. The second kappa shape index (κ2) is 11.7. The van der Waals surface area contributed by atoms with Crippen molar-refractivity contribution < 1.29 is 28.2 Å². The van der Waals surface area contributed by atoms with Gasteiger partial charge >= 0.3 is 5.97 Å². The van der Waals surface area contributed by atoms with Gasteiger partial charge < -0.3 is 20.5 Å². The molecule has 0 spiro atoms. The van der Waals surface area contributed by atoms with E-state index in [0.29, 0.717) is 12.0 Å². The Hall–Kier alpha value is -4.00. The fraction of sp³-hybridized carbons (Fsp3) is 0.344. The number of carbonyl (C=O) groups excluding carboxylic acids is 1. The molecule has 42 heavy (non-hydrogen) atoms. The van der Waals surface area contributed by atoms with Gasteiger partial charge in [0.1, 0.15) is 22.8 Å². The number of carbonyl (C=O) groups is 2. The number of anilines is 1. The second-order valence-electron chi connectivity index (χ2n) is 11.8. The molecule has 7 nitrogen and oxygen atoms in total. The average Bonchev–Trinajstić information content (AvgIpc) is 3.23. The molecule has 3 aromatic rings. The summed E-state index contributed by atoms with van der Waals surface area (Å²) >= 11 is 6.19. The van der Waals surface area contributed by atoms with Gasteiger partial charge in [0.15, 0.2) is 0 Å². The van der Waals surface area contributed by atoms with E-state index in [2.05, 4.69) is 16.7 Å². The van der Waals surface area contributed by atoms with E-state index in [1.54, 1.807) is 13.0 Å². The summed E-state index contributed by atoms with van der Waals surface area (Å²) in [6, 6.07) is 13.1. The summed E-state index contributed by atoms with van der Waals surface area (Å²) < 4.78 is 36.9. The molecular weight excluding hydrogens is 564 g/mol. The van der Waals surface area contributed by atoms with Crippen LogP contribution in [-0.2, 0) is 10.2 Å². The van der Waals surface area contributed by atoms with Gasteiger partial charge in [-0.05, 0) is 60.2 Å². The van der Waals surface area contributed by atoms with Crippen LogP contribution in [0.3, 0.4) is 0 Å². The van der Waals surface area contributed by atoms with Crippen LogP contribution in [0.5, 0.6) is 5.75 Å². The minimum atomic E-state index is -1.73. The highest BCUT2D eigenvalue weighted by Gasteiger charge is 2.61. The van der Waals surface area contributed by atoms with E-state index < -0.39 is 46.9 Å². The molecule has 1 fully saturated rings. The molecule has 0 radical (unpaired) electrons. The van der Waals surface area contributed by atoms with Crippen LogP contribution < -0.4 is 15.4 Å². The number of benzene rings is 3. The molecule has 1 amide bonds. The van der Waals surface area contributed by atoms with Crippen LogP contribution in [0.1, 0.15) is 60.2 Å². The Bertz CT molecular complexity index is 1580. The van der Waals surface area contributed by atoms with Gasteiger partial charge in [-0.1, -0.05) is 56.6 Å². The van der Waals surface area contributed by atoms with E-state index >= 15 is 8.78 Å². The number of amides is 1. The Morgan fingerprint density at radius 3 is 2.48 bits per heavy atom. The van der Waals surface area contributed by atoms with Crippen molar-refractivity contribution in [2.24, 2.45) is 5.41 Å². The lowest BCUT2D eigenvalue weighted by molar-refractivity contribution is -0.118. The molecule has 0 aromatic heterocycles. The highest BCUT2D eigenvalue weighted by molar-refractivity contribution is 6.30. The molecule has 1 aliphatic rings. The van der Waals surface area contributed by atoms with Gasteiger partial charge in [0.25, 0.3) is 0 Å². The molecule has 0 saturated carbocycles. The van der Waals surface area contributed by atoms with Gasteiger partial charge in [-0.2, -0.15) is 5.26 Å². The van der Waals surface area contributed by atoms with Crippen molar-refractivity contribution in [2.75, 3.05) is 12.4 Å². The summed E-state index contributed by atoms with van der Waals surface area (Å²) in [5, 5.41) is 26.1. The molecule has 1 heterocycles. The first kappa shape index (κ1) is 30.9. The zero-order valence-electron chi connectivity index (χ0n) is 23.9. The number of hydrogen-bond acceptors (Lipinski definition) is 5. The van der Waals surface area contributed by atoms with E-state index in [0.717, 1.165) is 0 Å². The highest BCUT2D eigenvalue weighted by atomic mass is 35.5. The lowest BCUT2D eigenvalue weighted by atomic mass is 9.62. The standard InChI is InChI=1S/C32H32ClF2N3O4/c1-17-9-11-20(22(34)13-17)32(16-36)25(15-31(2,3)4)38-28(26(32)19-7-6-8-21(33)27(19)35)29(39)37-23-12-10-18(30(40)41)14-24(23)42-5/h6-14,25-26,28,38H,15H2,1-5H3,(H,37,39)(H,40,41)/t25-,26-,28+,32-/m0/s1.